The molecular weight excluding hydrogens is 660 g/mol. The second-order valence-corrected chi connectivity index (χ2v) is 13.9. The summed E-state index contributed by atoms with van der Waals surface area (Å²) in [5, 5.41) is 38.3. The van der Waals surface area contributed by atoms with Gasteiger partial charge in [0.05, 0.1) is 42.6 Å². The summed E-state index contributed by atoms with van der Waals surface area (Å²) in [5.41, 5.74) is -3.02. The van der Waals surface area contributed by atoms with Gasteiger partial charge in [-0.2, -0.15) is 11.8 Å². The second-order valence-electron chi connectivity index (χ2n) is 12.9. The number of phenolic OH excluding ortho intramolecular Hbond substituents is 2. The van der Waals surface area contributed by atoms with Gasteiger partial charge in [-0.05, 0) is 19.2 Å². The Morgan fingerprint density at radius 2 is 1.90 bits per heavy atom. The van der Waals surface area contributed by atoms with Gasteiger partial charge in [0.15, 0.2) is 24.6 Å². The first kappa shape index (κ1) is 34.2. The Bertz CT molecular complexity index is 1690. The van der Waals surface area contributed by atoms with E-state index in [-0.39, 0.29) is 53.1 Å². The zero-order valence-corrected chi connectivity index (χ0v) is 28.4. The highest BCUT2D eigenvalue weighted by molar-refractivity contribution is 7.98. The first-order valence-corrected chi connectivity index (χ1v) is 17.7. The summed E-state index contributed by atoms with van der Waals surface area (Å²) >= 11 is 1.52. The van der Waals surface area contributed by atoms with Crippen LogP contribution in [0.2, 0.25) is 0 Å². The van der Waals surface area contributed by atoms with Crippen molar-refractivity contribution in [3.05, 3.63) is 51.6 Å². The Kier molecular flexibility index (Phi) is 9.15. The fourth-order valence-electron chi connectivity index (χ4n) is 7.93. The molecule has 0 unspecified atom stereocenters. The molecule has 3 fully saturated rings. The zero-order chi connectivity index (χ0) is 34.8. The van der Waals surface area contributed by atoms with E-state index in [0.717, 1.165) is 0 Å². The van der Waals surface area contributed by atoms with Crippen molar-refractivity contribution < 1.29 is 58.1 Å². The lowest BCUT2D eigenvalue weighted by Crippen LogP contribution is -2.55. The van der Waals surface area contributed by atoms with Crippen LogP contribution in [0.4, 0.5) is 0 Å². The predicted molar refractivity (Wildman–Crippen MR) is 173 cm³/mol. The molecule has 2 aromatic rings. The number of hydrogen-bond acceptors (Lipinski definition) is 14. The Morgan fingerprint density at radius 1 is 1.12 bits per heavy atom. The average Bonchev–Trinajstić information content (AvgIpc) is 3.47. The maximum absolute atomic E-state index is 14.0. The first-order valence-electron chi connectivity index (χ1n) is 16.3. The molecule has 5 aliphatic rings. The van der Waals surface area contributed by atoms with Gasteiger partial charge in [-0.1, -0.05) is 12.1 Å². The maximum atomic E-state index is 14.0. The standard InChI is InChI=1S/C34H40N2O12S/c1-15-30-18(36-9-10-45-32(44-3)31(36)48-30)12-21(46-15)47-20-14-34(42,33(41)35-8-11-49-4)13-17-23(20)29(40)25-24(27(17)38)26(37)16-6-5-7-19(43-2)22(16)28(25)39/h5-7,15,18,20-21,30-32,38,40,42H,8-14H2,1-4H3,(H,35,41)/t15-,18-,20-,21-,30+,31+,32-,34-/m0/s1. The number of hydrogen-bond donors (Lipinski definition) is 4. The molecule has 0 spiro atoms. The molecule has 49 heavy (non-hydrogen) atoms. The summed E-state index contributed by atoms with van der Waals surface area (Å²) in [6.07, 6.45) is -2.49. The van der Waals surface area contributed by atoms with E-state index in [4.69, 9.17) is 28.4 Å². The monoisotopic (exact) mass is 700 g/mol. The van der Waals surface area contributed by atoms with E-state index in [9.17, 15) is 29.7 Å². The molecule has 0 radical (unpaired) electrons. The van der Waals surface area contributed by atoms with Gasteiger partial charge < -0.3 is 49.1 Å². The first-order chi connectivity index (χ1) is 23.5. The number of aliphatic hydroxyl groups is 1. The predicted octanol–water partition coefficient (Wildman–Crippen LogP) is 1.63. The number of aromatic hydroxyl groups is 2. The number of ketones is 2. The largest absolute Gasteiger partial charge is 0.507 e. The van der Waals surface area contributed by atoms with Crippen LogP contribution in [-0.2, 0) is 34.9 Å². The summed E-state index contributed by atoms with van der Waals surface area (Å²) in [4.78, 5) is 43.5. The van der Waals surface area contributed by atoms with Crippen LogP contribution in [0.25, 0.3) is 0 Å². The van der Waals surface area contributed by atoms with E-state index in [0.29, 0.717) is 25.3 Å². The topological polar surface area (TPSA) is 183 Å². The molecule has 8 atom stereocenters. The van der Waals surface area contributed by atoms with Crippen molar-refractivity contribution in [3.63, 3.8) is 0 Å². The lowest BCUT2D eigenvalue weighted by Gasteiger charge is -2.43. The van der Waals surface area contributed by atoms with Crippen LogP contribution in [0.1, 0.15) is 68.8 Å². The molecular formula is C34H40N2O12S. The summed E-state index contributed by atoms with van der Waals surface area (Å²) < 4.78 is 35.7. The fourth-order valence-corrected chi connectivity index (χ4v) is 8.24. The van der Waals surface area contributed by atoms with Gasteiger partial charge in [0, 0.05) is 67.9 Å². The number of morpholine rings is 1. The van der Waals surface area contributed by atoms with E-state index in [1.54, 1.807) is 13.2 Å². The zero-order valence-electron chi connectivity index (χ0n) is 27.6. The van der Waals surface area contributed by atoms with Crippen LogP contribution in [0.15, 0.2) is 18.2 Å². The van der Waals surface area contributed by atoms with E-state index < -0.39 is 83.1 Å². The van der Waals surface area contributed by atoms with Crippen molar-refractivity contribution in [3.8, 4) is 17.2 Å². The van der Waals surface area contributed by atoms with Crippen LogP contribution < -0.4 is 10.1 Å². The SMILES string of the molecule is COc1cccc2c1C(=O)c1c(O)c3c(c(O)c1C2=O)C[C@@](O)(C(=O)NCCSC)C[C@@H]3O[C@H]1C[C@H]2[C@H](O[C@@H]3[C@@H](OC)OCCN32)[C@H](C)O1. The number of rotatable bonds is 8. The van der Waals surface area contributed by atoms with E-state index in [1.807, 2.05) is 13.2 Å². The minimum absolute atomic E-state index is 0.00193. The summed E-state index contributed by atoms with van der Waals surface area (Å²) in [5.74, 6) is -2.57. The third kappa shape index (κ3) is 5.51. The summed E-state index contributed by atoms with van der Waals surface area (Å²) in [6.45, 7) is 3.17. The minimum Gasteiger partial charge on any atom is -0.507 e. The number of methoxy groups -OCH3 is 2. The van der Waals surface area contributed by atoms with E-state index in [2.05, 4.69) is 10.2 Å². The highest BCUT2D eigenvalue weighted by Crippen LogP contribution is 2.53. The summed E-state index contributed by atoms with van der Waals surface area (Å²) in [7, 11) is 2.92. The number of amides is 1. The Hall–Kier alpha value is -3.28. The van der Waals surface area contributed by atoms with Crippen molar-refractivity contribution in [2.24, 2.45) is 0 Å². The fraction of sp³-hybridized carbons (Fsp3) is 0.559. The van der Waals surface area contributed by atoms with E-state index >= 15 is 0 Å². The third-order valence-corrected chi connectivity index (χ3v) is 10.8. The van der Waals surface area contributed by atoms with E-state index in [1.165, 1.54) is 31.0 Å². The van der Waals surface area contributed by atoms with Gasteiger partial charge in [-0.25, -0.2) is 0 Å². The molecule has 14 nitrogen and oxygen atoms in total. The van der Waals surface area contributed by atoms with Crippen molar-refractivity contribution in [1.82, 2.24) is 10.2 Å². The van der Waals surface area contributed by atoms with Crippen LogP contribution >= 0.6 is 11.8 Å². The lowest BCUT2D eigenvalue weighted by molar-refractivity contribution is -0.256. The van der Waals surface area contributed by atoms with Gasteiger partial charge in [-0.15, -0.1) is 0 Å². The normalized spacial score (nSPS) is 32.1. The molecule has 1 amide bonds. The molecule has 2 aliphatic carbocycles. The lowest BCUT2D eigenvalue weighted by atomic mass is 9.72. The van der Waals surface area contributed by atoms with Crippen molar-refractivity contribution in [2.45, 2.75) is 74.9 Å². The van der Waals surface area contributed by atoms with Gasteiger partial charge in [0.1, 0.15) is 29.0 Å². The number of carbonyl (C=O) groups is 3. The maximum Gasteiger partial charge on any atom is 0.252 e. The Labute approximate surface area is 286 Å². The van der Waals surface area contributed by atoms with Crippen LogP contribution in [-0.4, -0.2) is 126 Å². The van der Waals surface area contributed by atoms with Crippen LogP contribution in [0, 0.1) is 0 Å². The van der Waals surface area contributed by atoms with Crippen LogP contribution in [0.5, 0.6) is 17.2 Å². The number of phenols is 2. The molecule has 4 N–H and O–H groups in total. The van der Waals surface area contributed by atoms with Crippen LogP contribution in [0.3, 0.4) is 0 Å². The highest BCUT2D eigenvalue weighted by atomic mass is 32.2. The van der Waals surface area contributed by atoms with Gasteiger partial charge in [-0.3, -0.25) is 19.3 Å². The molecule has 264 valence electrons. The number of nitrogens with one attached hydrogen (secondary N) is 1. The third-order valence-electron chi connectivity index (χ3n) is 10.2. The van der Waals surface area contributed by atoms with Crippen molar-refractivity contribution in [2.75, 3.05) is 45.9 Å². The van der Waals surface area contributed by atoms with Crippen molar-refractivity contribution >= 4 is 29.2 Å². The Morgan fingerprint density at radius 3 is 2.63 bits per heavy atom. The number of fused-ring (bicyclic) bond motifs is 6. The number of carbonyl (C=O) groups excluding carboxylic acids is 3. The molecule has 15 heteroatoms. The molecule has 3 heterocycles. The summed E-state index contributed by atoms with van der Waals surface area (Å²) in [6, 6.07) is 4.37. The molecule has 0 aromatic heterocycles. The second kappa shape index (κ2) is 13.1. The number of benzene rings is 2. The number of ether oxygens (including phenoxy) is 6. The number of nitrogens with zero attached hydrogens (tertiary/aromatic N) is 1. The molecule has 3 saturated heterocycles. The molecule has 0 bridgehead atoms. The Balaban J connectivity index is 1.29. The average molecular weight is 701 g/mol. The smallest absolute Gasteiger partial charge is 0.252 e. The molecule has 7 rings (SSSR count). The van der Waals surface area contributed by atoms with Crippen molar-refractivity contribution in [1.29, 1.82) is 0 Å². The molecule has 3 aliphatic heterocycles. The van der Waals surface area contributed by atoms with Gasteiger partial charge in [0.2, 0.25) is 5.78 Å². The van der Waals surface area contributed by atoms with Gasteiger partial charge in [0.25, 0.3) is 5.91 Å². The molecule has 0 saturated carbocycles. The highest BCUT2D eigenvalue weighted by Gasteiger charge is 2.55. The van der Waals surface area contributed by atoms with Gasteiger partial charge >= 0.3 is 0 Å². The quantitative estimate of drug-likeness (QED) is 0.197. The minimum atomic E-state index is -2.10. The molecule has 2 aromatic carbocycles. The number of thioether (sulfide) groups is 1.